The van der Waals surface area contributed by atoms with Crippen molar-refractivity contribution >= 4 is 11.8 Å². The minimum absolute atomic E-state index is 0.535. The van der Waals surface area contributed by atoms with E-state index in [-0.39, 0.29) is 0 Å². The van der Waals surface area contributed by atoms with E-state index >= 15 is 0 Å². The summed E-state index contributed by atoms with van der Waals surface area (Å²) < 4.78 is 1.77. The average Bonchev–Trinajstić information content (AvgIpc) is 2.64. The lowest BCUT2D eigenvalue weighted by atomic mass is 10.0. The fraction of sp³-hybridized carbons (Fsp3) is 0.333. The molecule has 0 radical (unpaired) electrons. The van der Waals surface area contributed by atoms with Crippen molar-refractivity contribution in [3.8, 4) is 6.07 Å². The summed E-state index contributed by atoms with van der Waals surface area (Å²) in [5.74, 6) is 0.535. The summed E-state index contributed by atoms with van der Waals surface area (Å²) in [5, 5.41) is 14.4. The second kappa shape index (κ2) is 5.50. The first kappa shape index (κ1) is 13.7. The number of hydrogen-bond acceptors (Lipinski definition) is 3. The highest BCUT2D eigenvalue weighted by molar-refractivity contribution is 7.99. The predicted molar refractivity (Wildman–Crippen MR) is 77.3 cm³/mol. The standard InChI is InChI=1S/C15H17N3S/c1-10(2)12-5-7-13(8-6-12)19-15-14(9-16)11(3)17-18(15)4/h5-8,10H,1-4H3. The van der Waals surface area contributed by atoms with Crippen LogP contribution < -0.4 is 0 Å². The van der Waals surface area contributed by atoms with Crippen LogP contribution in [0, 0.1) is 18.3 Å². The molecule has 19 heavy (non-hydrogen) atoms. The van der Waals surface area contributed by atoms with Gasteiger partial charge in [0.25, 0.3) is 0 Å². The van der Waals surface area contributed by atoms with E-state index in [4.69, 9.17) is 0 Å². The lowest BCUT2D eigenvalue weighted by Crippen LogP contribution is -1.93. The second-order valence-electron chi connectivity index (χ2n) is 4.83. The van der Waals surface area contributed by atoms with Crippen molar-refractivity contribution in [2.24, 2.45) is 7.05 Å². The molecule has 0 aliphatic carbocycles. The van der Waals surface area contributed by atoms with Gasteiger partial charge in [-0.3, -0.25) is 4.68 Å². The predicted octanol–water partition coefficient (Wildman–Crippen LogP) is 3.87. The van der Waals surface area contributed by atoms with Gasteiger partial charge in [0.1, 0.15) is 16.7 Å². The normalized spacial score (nSPS) is 10.7. The Morgan fingerprint density at radius 2 is 1.89 bits per heavy atom. The third-order valence-electron chi connectivity index (χ3n) is 3.04. The highest BCUT2D eigenvalue weighted by atomic mass is 32.2. The molecule has 2 rings (SSSR count). The van der Waals surface area contributed by atoms with Crippen molar-refractivity contribution in [2.45, 2.75) is 36.6 Å². The van der Waals surface area contributed by atoms with E-state index in [1.54, 1.807) is 16.4 Å². The first-order valence-electron chi connectivity index (χ1n) is 6.24. The minimum atomic E-state index is 0.535. The number of aromatic nitrogens is 2. The third kappa shape index (κ3) is 2.82. The van der Waals surface area contributed by atoms with Gasteiger partial charge < -0.3 is 0 Å². The van der Waals surface area contributed by atoms with Gasteiger partial charge in [-0.1, -0.05) is 37.7 Å². The van der Waals surface area contributed by atoms with E-state index in [1.165, 1.54) is 5.56 Å². The van der Waals surface area contributed by atoms with Gasteiger partial charge in [0.2, 0.25) is 0 Å². The zero-order chi connectivity index (χ0) is 14.0. The van der Waals surface area contributed by atoms with Crippen LogP contribution in [0.4, 0.5) is 0 Å². The molecule has 3 nitrogen and oxygen atoms in total. The number of benzene rings is 1. The quantitative estimate of drug-likeness (QED) is 0.850. The van der Waals surface area contributed by atoms with E-state index in [1.807, 2.05) is 14.0 Å². The smallest absolute Gasteiger partial charge is 0.117 e. The van der Waals surface area contributed by atoms with Gasteiger partial charge in [-0.25, -0.2) is 0 Å². The molecular weight excluding hydrogens is 254 g/mol. The zero-order valence-corrected chi connectivity index (χ0v) is 12.5. The molecule has 98 valence electrons. The van der Waals surface area contributed by atoms with Gasteiger partial charge >= 0.3 is 0 Å². The summed E-state index contributed by atoms with van der Waals surface area (Å²) in [5.41, 5.74) is 2.78. The number of hydrogen-bond donors (Lipinski definition) is 0. The maximum absolute atomic E-state index is 9.19. The molecule has 4 heteroatoms. The summed E-state index contributed by atoms with van der Waals surface area (Å²) in [6.45, 7) is 6.23. The lowest BCUT2D eigenvalue weighted by Gasteiger charge is -2.07. The van der Waals surface area contributed by atoms with Crippen molar-refractivity contribution in [3.05, 3.63) is 41.1 Å². The van der Waals surface area contributed by atoms with Crippen LogP contribution in [0.5, 0.6) is 0 Å². The summed E-state index contributed by atoms with van der Waals surface area (Å²) >= 11 is 1.58. The molecule has 0 aliphatic rings. The Bertz CT molecular complexity index is 618. The molecule has 0 amide bonds. The molecule has 0 aliphatic heterocycles. The number of aryl methyl sites for hydroxylation is 2. The van der Waals surface area contributed by atoms with Crippen molar-refractivity contribution in [1.29, 1.82) is 5.26 Å². The molecule has 0 N–H and O–H groups in total. The number of nitrogens with zero attached hydrogens (tertiary/aromatic N) is 3. The summed E-state index contributed by atoms with van der Waals surface area (Å²) in [7, 11) is 1.87. The van der Waals surface area contributed by atoms with Gasteiger partial charge in [-0.2, -0.15) is 10.4 Å². The van der Waals surface area contributed by atoms with Crippen molar-refractivity contribution < 1.29 is 0 Å². The Balaban J connectivity index is 2.29. The molecule has 1 aromatic carbocycles. The molecule has 0 saturated carbocycles. The fourth-order valence-electron chi connectivity index (χ4n) is 1.92. The zero-order valence-electron chi connectivity index (χ0n) is 11.6. The molecule has 0 bridgehead atoms. The van der Waals surface area contributed by atoms with Crippen LogP contribution in [-0.2, 0) is 7.05 Å². The minimum Gasteiger partial charge on any atom is -0.260 e. The van der Waals surface area contributed by atoms with Crippen molar-refractivity contribution in [3.63, 3.8) is 0 Å². The van der Waals surface area contributed by atoms with Crippen molar-refractivity contribution in [1.82, 2.24) is 9.78 Å². The van der Waals surface area contributed by atoms with Gasteiger partial charge in [-0.05, 0) is 30.5 Å². The molecule has 1 aromatic heterocycles. The van der Waals surface area contributed by atoms with Gasteiger partial charge in [0.05, 0.1) is 5.69 Å². The van der Waals surface area contributed by atoms with Crippen LogP contribution in [0.15, 0.2) is 34.2 Å². The monoisotopic (exact) mass is 271 g/mol. The van der Waals surface area contributed by atoms with E-state index in [9.17, 15) is 5.26 Å². The SMILES string of the molecule is Cc1nn(C)c(Sc2ccc(C(C)C)cc2)c1C#N. The highest BCUT2D eigenvalue weighted by Gasteiger charge is 2.14. The van der Waals surface area contributed by atoms with E-state index in [0.29, 0.717) is 11.5 Å². The Labute approximate surface area is 118 Å². The first-order chi connectivity index (χ1) is 9.02. The fourth-order valence-corrected chi connectivity index (χ4v) is 2.88. The van der Waals surface area contributed by atoms with Crippen molar-refractivity contribution in [2.75, 3.05) is 0 Å². The highest BCUT2D eigenvalue weighted by Crippen LogP contribution is 2.31. The van der Waals surface area contributed by atoms with E-state index < -0.39 is 0 Å². The summed E-state index contributed by atoms with van der Waals surface area (Å²) in [6.07, 6.45) is 0. The van der Waals surface area contributed by atoms with Crippen LogP contribution in [0.2, 0.25) is 0 Å². The number of rotatable bonds is 3. The first-order valence-corrected chi connectivity index (χ1v) is 7.06. The third-order valence-corrected chi connectivity index (χ3v) is 4.21. The van der Waals surface area contributed by atoms with Gasteiger partial charge in [0, 0.05) is 11.9 Å². The average molecular weight is 271 g/mol. The van der Waals surface area contributed by atoms with Crippen LogP contribution in [0.25, 0.3) is 0 Å². The Morgan fingerprint density at radius 3 is 2.42 bits per heavy atom. The Morgan fingerprint density at radius 1 is 1.26 bits per heavy atom. The summed E-state index contributed by atoms with van der Waals surface area (Å²) in [4.78, 5) is 1.13. The molecule has 2 aromatic rings. The second-order valence-corrected chi connectivity index (χ2v) is 5.89. The lowest BCUT2D eigenvalue weighted by molar-refractivity contribution is 0.691. The molecule has 0 atom stereocenters. The topological polar surface area (TPSA) is 41.6 Å². The van der Waals surface area contributed by atoms with Crippen LogP contribution in [-0.4, -0.2) is 9.78 Å². The van der Waals surface area contributed by atoms with Crippen LogP contribution >= 0.6 is 11.8 Å². The number of nitriles is 1. The van der Waals surface area contributed by atoms with Gasteiger partial charge in [0.15, 0.2) is 0 Å². The maximum Gasteiger partial charge on any atom is 0.117 e. The molecule has 1 heterocycles. The molecule has 0 spiro atoms. The molecule has 0 fully saturated rings. The maximum atomic E-state index is 9.19. The van der Waals surface area contributed by atoms with Crippen LogP contribution in [0.3, 0.4) is 0 Å². The van der Waals surface area contributed by atoms with E-state index in [2.05, 4.69) is 49.3 Å². The summed E-state index contributed by atoms with van der Waals surface area (Å²) in [6, 6.07) is 10.7. The van der Waals surface area contributed by atoms with Gasteiger partial charge in [-0.15, -0.1) is 0 Å². The molecule has 0 saturated heterocycles. The Hall–Kier alpha value is -1.73. The van der Waals surface area contributed by atoms with Crippen LogP contribution in [0.1, 0.15) is 36.6 Å². The Kier molecular flexibility index (Phi) is 3.96. The largest absolute Gasteiger partial charge is 0.260 e. The van der Waals surface area contributed by atoms with E-state index in [0.717, 1.165) is 15.6 Å². The molecule has 0 unspecified atom stereocenters. The molecular formula is C15H17N3S.